The lowest BCUT2D eigenvalue weighted by atomic mass is 10.1. The molecular weight excluding hydrogens is 428 g/mol. The molecule has 9 heteroatoms. The van der Waals surface area contributed by atoms with Crippen LogP contribution in [0.25, 0.3) is 0 Å². The van der Waals surface area contributed by atoms with Crippen LogP contribution < -0.4 is 14.8 Å². The number of ether oxygens (including phenoxy) is 1. The zero-order valence-corrected chi connectivity index (χ0v) is 19.5. The molecule has 32 heavy (non-hydrogen) atoms. The Hall–Kier alpha value is -3.46. The average molecular weight is 455 g/mol. The SMILES string of the molecule is Cc1cc(C)c(OCC(=O)Nc2ccc(S(=O)(=O)Nc3cc(C)nc(C)n3)cc2)c(C)c1. The van der Waals surface area contributed by atoms with Gasteiger partial charge in [0, 0.05) is 17.4 Å². The van der Waals surface area contributed by atoms with E-state index >= 15 is 0 Å². The molecule has 0 saturated heterocycles. The maximum atomic E-state index is 12.6. The predicted molar refractivity (Wildman–Crippen MR) is 124 cm³/mol. The van der Waals surface area contributed by atoms with Crippen molar-refractivity contribution in [2.75, 3.05) is 16.6 Å². The first-order valence-corrected chi connectivity index (χ1v) is 11.5. The number of hydrogen-bond donors (Lipinski definition) is 2. The lowest BCUT2D eigenvalue weighted by molar-refractivity contribution is -0.118. The Bertz CT molecular complexity index is 1210. The van der Waals surface area contributed by atoms with Gasteiger partial charge in [0.05, 0.1) is 4.90 Å². The molecular formula is C23H26N4O4S. The van der Waals surface area contributed by atoms with Crippen molar-refractivity contribution < 1.29 is 17.9 Å². The standard InChI is InChI=1S/C23H26N4O4S/c1-14-10-15(2)23(16(3)11-14)31-13-22(28)26-19-6-8-20(9-7-19)32(29,30)27-21-12-17(4)24-18(5)25-21/h6-12H,13H2,1-5H3,(H,26,28)(H,24,25,27). The van der Waals surface area contributed by atoms with Crippen molar-refractivity contribution in [2.45, 2.75) is 39.5 Å². The summed E-state index contributed by atoms with van der Waals surface area (Å²) in [4.78, 5) is 20.5. The van der Waals surface area contributed by atoms with Gasteiger partial charge in [0.25, 0.3) is 15.9 Å². The van der Waals surface area contributed by atoms with Crippen LogP contribution in [0.5, 0.6) is 5.75 Å². The van der Waals surface area contributed by atoms with Crippen molar-refractivity contribution in [1.82, 2.24) is 9.97 Å². The Morgan fingerprint density at radius 3 is 2.16 bits per heavy atom. The lowest BCUT2D eigenvalue weighted by Gasteiger charge is -2.13. The third-order valence-electron chi connectivity index (χ3n) is 4.61. The van der Waals surface area contributed by atoms with E-state index in [4.69, 9.17) is 4.74 Å². The fourth-order valence-corrected chi connectivity index (χ4v) is 4.40. The first-order chi connectivity index (χ1) is 15.0. The largest absolute Gasteiger partial charge is 0.483 e. The molecule has 0 aliphatic heterocycles. The number of nitrogens with one attached hydrogen (secondary N) is 2. The topological polar surface area (TPSA) is 110 Å². The monoisotopic (exact) mass is 454 g/mol. The van der Waals surface area contributed by atoms with Gasteiger partial charge in [-0.15, -0.1) is 0 Å². The van der Waals surface area contributed by atoms with Gasteiger partial charge >= 0.3 is 0 Å². The van der Waals surface area contributed by atoms with E-state index in [1.807, 2.05) is 32.9 Å². The molecule has 0 aliphatic carbocycles. The highest BCUT2D eigenvalue weighted by Gasteiger charge is 2.16. The van der Waals surface area contributed by atoms with Gasteiger partial charge in [-0.25, -0.2) is 18.4 Å². The summed E-state index contributed by atoms with van der Waals surface area (Å²) in [5.41, 5.74) is 4.18. The van der Waals surface area contributed by atoms with Crippen LogP contribution in [0.3, 0.4) is 0 Å². The number of amides is 1. The molecule has 0 fully saturated rings. The number of hydrogen-bond acceptors (Lipinski definition) is 6. The Labute approximate surface area is 188 Å². The summed E-state index contributed by atoms with van der Waals surface area (Å²) in [5, 5.41) is 2.71. The van der Waals surface area contributed by atoms with Crippen molar-refractivity contribution >= 4 is 27.4 Å². The van der Waals surface area contributed by atoms with Gasteiger partial charge in [-0.05, 0) is 70.0 Å². The van der Waals surface area contributed by atoms with E-state index in [0.29, 0.717) is 23.0 Å². The summed E-state index contributed by atoms with van der Waals surface area (Å²) < 4.78 is 33.4. The number of sulfonamides is 1. The average Bonchev–Trinajstić information content (AvgIpc) is 2.66. The summed E-state index contributed by atoms with van der Waals surface area (Å²) in [7, 11) is -3.83. The Morgan fingerprint density at radius 1 is 0.938 bits per heavy atom. The molecule has 0 radical (unpaired) electrons. The van der Waals surface area contributed by atoms with Crippen molar-refractivity contribution in [3.63, 3.8) is 0 Å². The van der Waals surface area contributed by atoms with Gasteiger partial charge in [0.1, 0.15) is 17.4 Å². The van der Waals surface area contributed by atoms with Gasteiger partial charge in [-0.3, -0.25) is 9.52 Å². The predicted octanol–water partition coefficient (Wildman–Crippen LogP) is 3.84. The third-order valence-corrected chi connectivity index (χ3v) is 5.98. The smallest absolute Gasteiger partial charge is 0.263 e. The number of carbonyl (C=O) groups excluding carboxylic acids is 1. The molecule has 2 aromatic carbocycles. The van der Waals surface area contributed by atoms with E-state index in [9.17, 15) is 13.2 Å². The second-order valence-electron chi connectivity index (χ2n) is 7.64. The number of nitrogens with zero attached hydrogens (tertiary/aromatic N) is 2. The van der Waals surface area contributed by atoms with E-state index in [0.717, 1.165) is 16.7 Å². The number of rotatable bonds is 7. The fraction of sp³-hybridized carbons (Fsp3) is 0.261. The third kappa shape index (κ3) is 5.82. The van der Waals surface area contributed by atoms with Crippen LogP contribution in [-0.4, -0.2) is 30.9 Å². The molecule has 0 atom stereocenters. The van der Waals surface area contributed by atoms with Gasteiger partial charge in [-0.2, -0.15) is 0 Å². The van der Waals surface area contributed by atoms with E-state index < -0.39 is 10.0 Å². The van der Waals surface area contributed by atoms with Crippen LogP contribution in [0.4, 0.5) is 11.5 Å². The van der Waals surface area contributed by atoms with E-state index in [-0.39, 0.29) is 23.2 Å². The van der Waals surface area contributed by atoms with Gasteiger partial charge < -0.3 is 10.1 Å². The molecule has 1 amide bonds. The number of anilines is 2. The molecule has 0 unspecified atom stereocenters. The van der Waals surface area contributed by atoms with Crippen LogP contribution in [0, 0.1) is 34.6 Å². The molecule has 3 rings (SSSR count). The summed E-state index contributed by atoms with van der Waals surface area (Å²) in [6.45, 7) is 9.17. The molecule has 0 spiro atoms. The summed E-state index contributed by atoms with van der Waals surface area (Å²) in [6, 6.07) is 11.4. The summed E-state index contributed by atoms with van der Waals surface area (Å²) in [5.74, 6) is 1.02. The number of carbonyl (C=O) groups is 1. The molecule has 8 nitrogen and oxygen atoms in total. The first kappa shape index (κ1) is 23.2. The maximum Gasteiger partial charge on any atom is 0.263 e. The number of aromatic nitrogens is 2. The van der Waals surface area contributed by atoms with Crippen molar-refractivity contribution in [2.24, 2.45) is 0 Å². The quantitative estimate of drug-likeness (QED) is 0.561. The summed E-state index contributed by atoms with van der Waals surface area (Å²) >= 11 is 0. The molecule has 0 aliphatic rings. The van der Waals surface area contributed by atoms with Crippen LogP contribution in [0.2, 0.25) is 0 Å². The molecule has 0 saturated carbocycles. The van der Waals surface area contributed by atoms with Gasteiger partial charge in [0.2, 0.25) is 0 Å². The van der Waals surface area contributed by atoms with Gasteiger partial charge in [-0.1, -0.05) is 17.7 Å². The minimum Gasteiger partial charge on any atom is -0.483 e. The van der Waals surface area contributed by atoms with Crippen molar-refractivity contribution in [1.29, 1.82) is 0 Å². The van der Waals surface area contributed by atoms with E-state index in [1.165, 1.54) is 24.3 Å². The van der Waals surface area contributed by atoms with Crippen LogP contribution in [0.15, 0.2) is 47.4 Å². The highest BCUT2D eigenvalue weighted by atomic mass is 32.2. The highest BCUT2D eigenvalue weighted by Crippen LogP contribution is 2.24. The molecule has 0 bridgehead atoms. The number of aryl methyl sites for hydroxylation is 5. The number of benzene rings is 2. The minimum absolute atomic E-state index is 0.0478. The van der Waals surface area contributed by atoms with Gasteiger partial charge in [0.15, 0.2) is 6.61 Å². The van der Waals surface area contributed by atoms with Crippen LogP contribution in [-0.2, 0) is 14.8 Å². The van der Waals surface area contributed by atoms with E-state index in [2.05, 4.69) is 20.0 Å². The van der Waals surface area contributed by atoms with E-state index in [1.54, 1.807) is 19.9 Å². The molecule has 168 valence electrons. The Morgan fingerprint density at radius 2 is 1.56 bits per heavy atom. The zero-order valence-electron chi connectivity index (χ0n) is 18.7. The Kier molecular flexibility index (Phi) is 6.78. The Balaban J connectivity index is 1.63. The highest BCUT2D eigenvalue weighted by molar-refractivity contribution is 7.92. The summed E-state index contributed by atoms with van der Waals surface area (Å²) in [6.07, 6.45) is 0. The van der Waals surface area contributed by atoms with Crippen molar-refractivity contribution in [3.05, 3.63) is 70.7 Å². The zero-order chi connectivity index (χ0) is 23.5. The molecule has 1 aromatic heterocycles. The molecule has 2 N–H and O–H groups in total. The van der Waals surface area contributed by atoms with Crippen LogP contribution in [0.1, 0.15) is 28.2 Å². The van der Waals surface area contributed by atoms with Crippen LogP contribution >= 0.6 is 0 Å². The second-order valence-corrected chi connectivity index (χ2v) is 9.32. The maximum absolute atomic E-state index is 12.6. The molecule has 3 aromatic rings. The van der Waals surface area contributed by atoms with Crippen molar-refractivity contribution in [3.8, 4) is 5.75 Å². The first-order valence-electron chi connectivity index (χ1n) is 9.99. The second kappa shape index (κ2) is 9.35. The fourth-order valence-electron chi connectivity index (χ4n) is 3.41. The lowest BCUT2D eigenvalue weighted by Crippen LogP contribution is -2.21. The minimum atomic E-state index is -3.83. The molecule has 1 heterocycles. The normalized spacial score (nSPS) is 11.2.